The minimum atomic E-state index is -0.213. The Hall–Kier alpha value is -1.11. The first-order valence-corrected chi connectivity index (χ1v) is 7.09. The number of hydrogen-bond acceptors (Lipinski definition) is 1. The van der Waals surface area contributed by atoms with Gasteiger partial charge < -0.3 is 0 Å². The first kappa shape index (κ1) is 13.3. The van der Waals surface area contributed by atoms with Crippen LogP contribution >= 0.6 is 0 Å². The number of ketones is 1. The Morgan fingerprint density at radius 3 is 2.28 bits per heavy atom. The Morgan fingerprint density at radius 2 is 1.67 bits per heavy atom. The van der Waals surface area contributed by atoms with Crippen LogP contribution in [0.1, 0.15) is 57.9 Å². The molecule has 0 heterocycles. The lowest BCUT2D eigenvalue weighted by Gasteiger charge is -2.34. The summed E-state index contributed by atoms with van der Waals surface area (Å²) < 4.78 is 0. The van der Waals surface area contributed by atoms with Gasteiger partial charge >= 0.3 is 0 Å². The second kappa shape index (κ2) is 5.26. The minimum absolute atomic E-state index is 0.213. The highest BCUT2D eigenvalue weighted by Crippen LogP contribution is 2.41. The molecule has 0 aromatic heterocycles. The van der Waals surface area contributed by atoms with Crippen LogP contribution in [-0.2, 0) is 4.79 Å². The van der Waals surface area contributed by atoms with Crippen LogP contribution in [0, 0.1) is 11.3 Å². The van der Waals surface area contributed by atoms with Crippen LogP contribution in [0.5, 0.6) is 0 Å². The molecule has 1 saturated carbocycles. The van der Waals surface area contributed by atoms with Crippen LogP contribution in [-0.4, -0.2) is 5.78 Å². The van der Waals surface area contributed by atoms with Crippen LogP contribution in [0.3, 0.4) is 0 Å². The van der Waals surface area contributed by atoms with Gasteiger partial charge in [0.15, 0.2) is 0 Å². The van der Waals surface area contributed by atoms with E-state index in [4.69, 9.17) is 0 Å². The number of hydrogen-bond donors (Lipinski definition) is 0. The summed E-state index contributed by atoms with van der Waals surface area (Å²) >= 11 is 0. The number of benzene rings is 1. The number of carbonyl (C=O) groups is 1. The zero-order chi connectivity index (χ0) is 13.2. The standard InChI is InChI=1S/C17H24O/c1-17(2,3)16(18)15-12-8-7-11-14(15)13-9-5-4-6-10-13/h4-6,9-10,14-15H,7-8,11-12H2,1-3H3/t14-,15+/m0/s1. The van der Waals surface area contributed by atoms with Crippen LogP contribution in [0.15, 0.2) is 30.3 Å². The normalized spacial score (nSPS) is 24.8. The molecule has 98 valence electrons. The summed E-state index contributed by atoms with van der Waals surface area (Å²) in [4.78, 5) is 12.6. The van der Waals surface area contributed by atoms with E-state index in [2.05, 4.69) is 24.3 Å². The molecule has 0 saturated heterocycles. The predicted molar refractivity (Wildman–Crippen MR) is 75.6 cm³/mol. The molecule has 0 radical (unpaired) electrons. The molecule has 1 fully saturated rings. The summed E-state index contributed by atoms with van der Waals surface area (Å²) in [6, 6.07) is 10.6. The van der Waals surface area contributed by atoms with E-state index in [-0.39, 0.29) is 11.3 Å². The lowest BCUT2D eigenvalue weighted by atomic mass is 9.68. The Balaban J connectivity index is 2.24. The van der Waals surface area contributed by atoms with Gasteiger partial charge in [0, 0.05) is 11.3 Å². The van der Waals surface area contributed by atoms with Gasteiger partial charge in [0.2, 0.25) is 0 Å². The van der Waals surface area contributed by atoms with Gasteiger partial charge in [-0.15, -0.1) is 0 Å². The third-order valence-electron chi connectivity index (χ3n) is 4.07. The van der Waals surface area contributed by atoms with E-state index < -0.39 is 0 Å². The van der Waals surface area contributed by atoms with Gasteiger partial charge in [0.25, 0.3) is 0 Å². The zero-order valence-electron chi connectivity index (χ0n) is 11.8. The van der Waals surface area contributed by atoms with E-state index in [9.17, 15) is 4.79 Å². The summed E-state index contributed by atoms with van der Waals surface area (Å²) in [6.07, 6.45) is 4.69. The van der Waals surface area contributed by atoms with Gasteiger partial charge in [-0.3, -0.25) is 4.79 Å². The molecular formula is C17H24O. The molecule has 0 unspecified atom stereocenters. The molecule has 2 rings (SSSR count). The van der Waals surface area contributed by atoms with Crippen molar-refractivity contribution in [3.05, 3.63) is 35.9 Å². The van der Waals surface area contributed by atoms with Gasteiger partial charge in [0.1, 0.15) is 5.78 Å². The topological polar surface area (TPSA) is 17.1 Å². The summed E-state index contributed by atoms with van der Waals surface area (Å²) in [5.41, 5.74) is 1.13. The van der Waals surface area contributed by atoms with E-state index in [0.717, 1.165) is 12.8 Å². The average Bonchev–Trinajstić information content (AvgIpc) is 2.38. The van der Waals surface area contributed by atoms with Crippen molar-refractivity contribution in [1.82, 2.24) is 0 Å². The van der Waals surface area contributed by atoms with Crippen molar-refractivity contribution in [2.75, 3.05) is 0 Å². The van der Waals surface area contributed by atoms with Gasteiger partial charge in [-0.25, -0.2) is 0 Å². The van der Waals surface area contributed by atoms with E-state index in [1.165, 1.54) is 18.4 Å². The number of carbonyl (C=O) groups excluding carboxylic acids is 1. The highest BCUT2D eigenvalue weighted by molar-refractivity contribution is 5.86. The fourth-order valence-electron chi connectivity index (χ4n) is 3.10. The van der Waals surface area contributed by atoms with E-state index in [1.54, 1.807) is 0 Å². The molecule has 0 amide bonds. The summed E-state index contributed by atoms with van der Waals surface area (Å²) in [7, 11) is 0. The third kappa shape index (κ3) is 2.82. The average molecular weight is 244 g/mol. The molecule has 0 aliphatic heterocycles. The third-order valence-corrected chi connectivity index (χ3v) is 4.07. The van der Waals surface area contributed by atoms with Crippen molar-refractivity contribution in [3.8, 4) is 0 Å². The van der Waals surface area contributed by atoms with Gasteiger partial charge in [-0.05, 0) is 24.3 Å². The molecule has 0 N–H and O–H groups in total. The SMILES string of the molecule is CC(C)(C)C(=O)[C@@H]1CCCC[C@H]1c1ccccc1. The summed E-state index contributed by atoms with van der Waals surface area (Å²) in [5.74, 6) is 1.10. The molecule has 1 aliphatic carbocycles. The molecule has 0 spiro atoms. The van der Waals surface area contributed by atoms with Gasteiger partial charge in [-0.2, -0.15) is 0 Å². The Labute approximate surface area is 111 Å². The Bertz CT molecular complexity index is 399. The lowest BCUT2D eigenvalue weighted by Crippen LogP contribution is -2.34. The molecular weight excluding hydrogens is 220 g/mol. The molecule has 18 heavy (non-hydrogen) atoms. The second-order valence-corrected chi connectivity index (χ2v) is 6.52. The van der Waals surface area contributed by atoms with Gasteiger partial charge in [0.05, 0.1) is 0 Å². The number of Topliss-reactive ketones (excluding diaryl/α,β-unsaturated/α-hetero) is 1. The fourth-order valence-corrected chi connectivity index (χ4v) is 3.10. The maximum absolute atomic E-state index is 12.6. The lowest BCUT2D eigenvalue weighted by molar-refractivity contribution is -0.132. The highest BCUT2D eigenvalue weighted by Gasteiger charge is 2.36. The van der Waals surface area contributed by atoms with Crippen LogP contribution in [0.2, 0.25) is 0 Å². The monoisotopic (exact) mass is 244 g/mol. The molecule has 1 aromatic carbocycles. The predicted octanol–water partition coefficient (Wildman–Crippen LogP) is 4.58. The largest absolute Gasteiger partial charge is 0.299 e. The van der Waals surface area contributed by atoms with Crippen LogP contribution < -0.4 is 0 Å². The Morgan fingerprint density at radius 1 is 1.06 bits per heavy atom. The molecule has 1 heteroatoms. The van der Waals surface area contributed by atoms with Crippen molar-refractivity contribution < 1.29 is 4.79 Å². The van der Waals surface area contributed by atoms with Crippen molar-refractivity contribution in [2.45, 2.75) is 52.4 Å². The van der Waals surface area contributed by atoms with Crippen molar-refractivity contribution >= 4 is 5.78 Å². The van der Waals surface area contributed by atoms with Crippen LogP contribution in [0.25, 0.3) is 0 Å². The first-order valence-electron chi connectivity index (χ1n) is 7.09. The zero-order valence-corrected chi connectivity index (χ0v) is 11.8. The maximum atomic E-state index is 12.6. The van der Waals surface area contributed by atoms with Crippen molar-refractivity contribution in [3.63, 3.8) is 0 Å². The molecule has 1 aliphatic rings. The highest BCUT2D eigenvalue weighted by atomic mass is 16.1. The van der Waals surface area contributed by atoms with E-state index in [0.29, 0.717) is 11.7 Å². The van der Waals surface area contributed by atoms with E-state index in [1.807, 2.05) is 26.8 Å². The molecule has 1 nitrogen and oxygen atoms in total. The Kier molecular flexibility index (Phi) is 3.89. The minimum Gasteiger partial charge on any atom is -0.299 e. The molecule has 1 aromatic rings. The van der Waals surface area contributed by atoms with Crippen molar-refractivity contribution in [1.29, 1.82) is 0 Å². The van der Waals surface area contributed by atoms with Gasteiger partial charge in [-0.1, -0.05) is 63.9 Å². The summed E-state index contributed by atoms with van der Waals surface area (Å²) in [6.45, 7) is 6.14. The maximum Gasteiger partial charge on any atom is 0.141 e. The smallest absolute Gasteiger partial charge is 0.141 e. The quantitative estimate of drug-likeness (QED) is 0.744. The molecule has 0 bridgehead atoms. The van der Waals surface area contributed by atoms with Crippen molar-refractivity contribution in [2.24, 2.45) is 11.3 Å². The first-order chi connectivity index (χ1) is 8.50. The summed E-state index contributed by atoms with van der Waals surface area (Å²) in [5, 5.41) is 0. The fraction of sp³-hybridized carbons (Fsp3) is 0.588. The molecule has 2 atom stereocenters. The number of rotatable bonds is 2. The second-order valence-electron chi connectivity index (χ2n) is 6.52. The van der Waals surface area contributed by atoms with E-state index >= 15 is 0 Å². The van der Waals surface area contributed by atoms with Crippen LogP contribution in [0.4, 0.5) is 0 Å².